The first-order valence-electron chi connectivity index (χ1n) is 9.26. The largest absolute Gasteiger partial charge is 0.332 e. The molecule has 0 saturated carbocycles. The van der Waals surface area contributed by atoms with Gasteiger partial charge in [0.05, 0.1) is 0 Å². The van der Waals surface area contributed by atoms with Gasteiger partial charge in [-0.1, -0.05) is 18.2 Å². The van der Waals surface area contributed by atoms with Gasteiger partial charge >= 0.3 is 6.03 Å². The van der Waals surface area contributed by atoms with E-state index in [4.69, 9.17) is 0 Å². The molecule has 0 N–H and O–H groups in total. The first kappa shape index (κ1) is 17.7. The lowest BCUT2D eigenvalue weighted by Crippen LogP contribution is -2.48. The van der Waals surface area contributed by atoms with Gasteiger partial charge in [0.25, 0.3) is 5.91 Å². The number of fused-ring (bicyclic) bond motifs is 5. The Balaban J connectivity index is 1.61. The molecule has 0 radical (unpaired) electrons. The van der Waals surface area contributed by atoms with Crippen molar-refractivity contribution in [3.63, 3.8) is 0 Å². The highest BCUT2D eigenvalue weighted by Crippen LogP contribution is 2.29. The summed E-state index contributed by atoms with van der Waals surface area (Å²) in [5.41, 5.74) is 0.471. The number of pyridine rings is 1. The molecule has 3 aliphatic rings. The molecule has 5 rings (SSSR count). The Labute approximate surface area is 157 Å². The molecule has 4 heterocycles. The number of halogens is 1. The Morgan fingerprint density at radius 2 is 1.93 bits per heavy atom. The van der Waals surface area contributed by atoms with Crippen LogP contribution in [-0.2, 0) is 0 Å². The molecule has 1 aromatic carbocycles. The fraction of sp³-hybridized carbons (Fsp3) is 0.450. The van der Waals surface area contributed by atoms with E-state index in [0.717, 1.165) is 12.8 Å². The van der Waals surface area contributed by atoms with Gasteiger partial charge in [0.15, 0.2) is 0 Å². The van der Waals surface area contributed by atoms with Crippen LogP contribution in [0.3, 0.4) is 0 Å². The predicted molar refractivity (Wildman–Crippen MR) is 99.9 cm³/mol. The molecule has 3 saturated heterocycles. The van der Waals surface area contributed by atoms with E-state index in [2.05, 4.69) is 4.98 Å². The number of carbonyl (C=O) groups excluding carboxylic acids is 2. The average molecular weight is 370 g/mol. The molecule has 3 fully saturated rings. The molecule has 0 spiro atoms. The van der Waals surface area contributed by atoms with E-state index in [1.807, 2.05) is 9.80 Å². The van der Waals surface area contributed by atoms with Crippen molar-refractivity contribution in [1.82, 2.24) is 19.7 Å². The van der Waals surface area contributed by atoms with E-state index in [-0.39, 0.29) is 35.1 Å². The lowest BCUT2D eigenvalue weighted by Gasteiger charge is -2.35. The SMILES string of the molecule is CN(C)C(=O)N1C[C@H]2CC[C@@H](C1)N(C(=O)c1ccc3cccc(F)c3n1)C2. The number of piperidine rings is 1. The number of hydrogen-bond acceptors (Lipinski definition) is 3. The van der Waals surface area contributed by atoms with Crippen molar-refractivity contribution >= 4 is 22.8 Å². The molecular formula is C20H23FN4O2. The van der Waals surface area contributed by atoms with E-state index < -0.39 is 5.82 Å². The Hall–Kier alpha value is -2.70. The Morgan fingerprint density at radius 1 is 1.11 bits per heavy atom. The van der Waals surface area contributed by atoms with Crippen LogP contribution in [0, 0.1) is 11.7 Å². The van der Waals surface area contributed by atoms with Gasteiger partial charge in [-0.15, -0.1) is 0 Å². The van der Waals surface area contributed by atoms with Crippen molar-refractivity contribution in [2.75, 3.05) is 33.7 Å². The summed E-state index contributed by atoms with van der Waals surface area (Å²) < 4.78 is 14.1. The minimum Gasteiger partial charge on any atom is -0.332 e. The molecule has 2 atom stereocenters. The maximum atomic E-state index is 14.1. The van der Waals surface area contributed by atoms with Gasteiger partial charge in [-0.25, -0.2) is 14.2 Å². The minimum atomic E-state index is -0.428. The van der Waals surface area contributed by atoms with Crippen LogP contribution in [0.15, 0.2) is 30.3 Å². The molecule has 2 bridgehead atoms. The van der Waals surface area contributed by atoms with Gasteiger partial charge in [0, 0.05) is 45.2 Å². The average Bonchev–Trinajstić information content (AvgIpc) is 2.98. The second kappa shape index (κ2) is 6.79. The Morgan fingerprint density at radius 3 is 2.70 bits per heavy atom. The normalized spacial score (nSPS) is 22.0. The number of urea groups is 1. The standard InChI is InChI=1S/C20H23FN4O2/c1-23(2)20(27)24-10-13-6-8-15(12-24)25(11-13)19(26)17-9-7-14-4-3-5-16(21)18(14)22-17/h3-5,7,9,13,15H,6,8,10-12H2,1-2H3/t13-,15+/m1/s1. The third kappa shape index (κ3) is 3.22. The van der Waals surface area contributed by atoms with Gasteiger partial charge < -0.3 is 14.7 Å². The molecule has 7 heteroatoms. The molecule has 2 aromatic rings. The van der Waals surface area contributed by atoms with Gasteiger partial charge in [-0.05, 0) is 30.9 Å². The Bertz CT molecular complexity index is 901. The predicted octanol–water partition coefficient (Wildman–Crippen LogP) is 2.59. The van der Waals surface area contributed by atoms with Crippen LogP contribution in [0.5, 0.6) is 0 Å². The molecule has 27 heavy (non-hydrogen) atoms. The molecule has 1 aromatic heterocycles. The zero-order valence-corrected chi connectivity index (χ0v) is 15.6. The minimum absolute atomic E-state index is 0.0212. The monoisotopic (exact) mass is 370 g/mol. The summed E-state index contributed by atoms with van der Waals surface area (Å²) in [6.45, 7) is 1.80. The third-order valence-corrected chi connectivity index (χ3v) is 5.52. The van der Waals surface area contributed by atoms with Crippen LogP contribution in [0.1, 0.15) is 23.3 Å². The molecular weight excluding hydrogens is 347 g/mol. The summed E-state index contributed by atoms with van der Waals surface area (Å²) in [5, 5.41) is 0.673. The number of hydrogen-bond donors (Lipinski definition) is 0. The molecule has 0 aliphatic carbocycles. The Kier molecular flexibility index (Phi) is 4.45. The molecule has 3 aliphatic heterocycles. The zero-order valence-electron chi connectivity index (χ0n) is 15.6. The fourth-order valence-corrected chi connectivity index (χ4v) is 4.15. The van der Waals surface area contributed by atoms with Crippen LogP contribution >= 0.6 is 0 Å². The smallest absolute Gasteiger partial charge is 0.319 e. The van der Waals surface area contributed by atoms with Crippen molar-refractivity contribution in [2.45, 2.75) is 18.9 Å². The number of aromatic nitrogens is 1. The summed E-state index contributed by atoms with van der Waals surface area (Å²) in [7, 11) is 3.48. The first-order chi connectivity index (χ1) is 12.9. The maximum Gasteiger partial charge on any atom is 0.319 e. The second-order valence-electron chi connectivity index (χ2n) is 7.64. The quantitative estimate of drug-likeness (QED) is 0.775. The molecule has 0 unspecified atom stereocenters. The van der Waals surface area contributed by atoms with Crippen LogP contribution in [0.4, 0.5) is 9.18 Å². The highest BCUT2D eigenvalue weighted by molar-refractivity contribution is 5.95. The topological polar surface area (TPSA) is 56.8 Å². The molecule has 142 valence electrons. The third-order valence-electron chi connectivity index (χ3n) is 5.52. The maximum absolute atomic E-state index is 14.1. The summed E-state index contributed by atoms with van der Waals surface area (Å²) in [5.74, 6) is -0.356. The van der Waals surface area contributed by atoms with Crippen molar-refractivity contribution in [1.29, 1.82) is 0 Å². The highest BCUT2D eigenvalue weighted by Gasteiger charge is 2.39. The number of carbonyl (C=O) groups is 2. The number of nitrogens with zero attached hydrogens (tertiary/aromatic N) is 4. The van der Waals surface area contributed by atoms with Gasteiger partial charge in [0.1, 0.15) is 17.0 Å². The van der Waals surface area contributed by atoms with Crippen molar-refractivity contribution in [3.8, 4) is 0 Å². The summed E-state index contributed by atoms with van der Waals surface area (Å²) in [6, 6.07) is 8.10. The van der Waals surface area contributed by atoms with Gasteiger partial charge in [-0.2, -0.15) is 0 Å². The summed E-state index contributed by atoms with van der Waals surface area (Å²) in [4.78, 5) is 35.1. The number of rotatable bonds is 1. The zero-order chi connectivity index (χ0) is 19.1. The fourth-order valence-electron chi connectivity index (χ4n) is 4.15. The lowest BCUT2D eigenvalue weighted by atomic mass is 9.94. The van der Waals surface area contributed by atoms with Crippen LogP contribution in [0.25, 0.3) is 10.9 Å². The van der Waals surface area contributed by atoms with E-state index in [0.29, 0.717) is 25.0 Å². The molecule has 6 nitrogen and oxygen atoms in total. The number of amides is 3. The van der Waals surface area contributed by atoms with Crippen LogP contribution in [-0.4, -0.2) is 71.4 Å². The van der Waals surface area contributed by atoms with E-state index in [9.17, 15) is 14.0 Å². The first-order valence-corrected chi connectivity index (χ1v) is 9.26. The van der Waals surface area contributed by atoms with E-state index in [1.165, 1.54) is 6.07 Å². The molecule has 3 amide bonds. The van der Waals surface area contributed by atoms with Gasteiger partial charge in [-0.3, -0.25) is 4.79 Å². The summed E-state index contributed by atoms with van der Waals surface area (Å²) >= 11 is 0. The number of benzene rings is 1. The lowest BCUT2D eigenvalue weighted by molar-refractivity contribution is 0.0580. The van der Waals surface area contributed by atoms with Crippen molar-refractivity contribution in [3.05, 3.63) is 41.8 Å². The van der Waals surface area contributed by atoms with E-state index >= 15 is 0 Å². The van der Waals surface area contributed by atoms with Crippen molar-refractivity contribution < 1.29 is 14.0 Å². The van der Waals surface area contributed by atoms with Crippen LogP contribution in [0.2, 0.25) is 0 Å². The van der Waals surface area contributed by atoms with Crippen LogP contribution < -0.4 is 0 Å². The van der Waals surface area contributed by atoms with E-state index in [1.54, 1.807) is 43.3 Å². The summed E-state index contributed by atoms with van der Waals surface area (Å²) in [6.07, 6.45) is 1.88. The van der Waals surface area contributed by atoms with Crippen molar-refractivity contribution in [2.24, 2.45) is 5.92 Å². The second-order valence-corrected chi connectivity index (χ2v) is 7.64. The van der Waals surface area contributed by atoms with Gasteiger partial charge in [0.2, 0.25) is 0 Å². The number of para-hydroxylation sites is 1. The highest BCUT2D eigenvalue weighted by atomic mass is 19.1.